The van der Waals surface area contributed by atoms with Crippen LogP contribution in [0.3, 0.4) is 0 Å². The highest BCUT2D eigenvalue weighted by Gasteiger charge is 2.25. The lowest BCUT2D eigenvalue weighted by Crippen LogP contribution is -2.42. The average molecular weight is 264 g/mol. The zero-order chi connectivity index (χ0) is 12.5. The van der Waals surface area contributed by atoms with Gasteiger partial charge in [0.2, 0.25) is 5.95 Å². The summed E-state index contributed by atoms with van der Waals surface area (Å²) in [5.41, 5.74) is 2.25. The van der Waals surface area contributed by atoms with Gasteiger partial charge in [0.15, 0.2) is 0 Å². The van der Waals surface area contributed by atoms with Crippen molar-refractivity contribution in [2.75, 3.05) is 17.3 Å². The largest absolute Gasteiger partial charge is 0.338 e. The summed E-state index contributed by atoms with van der Waals surface area (Å²) >= 11 is 6.10. The van der Waals surface area contributed by atoms with Crippen molar-refractivity contribution in [3.63, 3.8) is 0 Å². The monoisotopic (exact) mass is 263 g/mol. The van der Waals surface area contributed by atoms with Crippen LogP contribution in [-0.2, 0) is 7.05 Å². The van der Waals surface area contributed by atoms with Crippen LogP contribution >= 0.6 is 11.6 Å². The van der Waals surface area contributed by atoms with Gasteiger partial charge in [-0.25, -0.2) is 4.98 Å². The smallest absolute Gasteiger partial charge is 0.206 e. The number of para-hydroxylation sites is 2. The van der Waals surface area contributed by atoms with Crippen molar-refractivity contribution >= 4 is 28.6 Å². The van der Waals surface area contributed by atoms with Crippen LogP contribution in [-0.4, -0.2) is 28.0 Å². The molecule has 1 aliphatic heterocycles. The Bertz CT molecular complexity index is 549. The van der Waals surface area contributed by atoms with E-state index in [2.05, 4.69) is 34.7 Å². The van der Waals surface area contributed by atoms with E-state index in [1.54, 1.807) is 0 Å². The van der Waals surface area contributed by atoms with Crippen LogP contribution in [0.15, 0.2) is 24.3 Å². The number of anilines is 1. The van der Waals surface area contributed by atoms with Gasteiger partial charge in [0.05, 0.1) is 11.0 Å². The second-order valence-electron chi connectivity index (χ2n) is 4.96. The summed E-state index contributed by atoms with van der Waals surface area (Å²) in [6, 6.07) is 8.71. The highest BCUT2D eigenvalue weighted by molar-refractivity contribution is 6.18. The number of rotatable bonds is 2. The third-order valence-corrected chi connectivity index (χ3v) is 4.18. The minimum Gasteiger partial charge on any atom is -0.338 e. The lowest BCUT2D eigenvalue weighted by atomic mass is 10.0. The summed E-state index contributed by atoms with van der Waals surface area (Å²) in [5, 5.41) is 0. The number of fused-ring (bicyclic) bond motifs is 1. The van der Waals surface area contributed by atoms with Gasteiger partial charge in [-0.1, -0.05) is 12.1 Å². The predicted molar refractivity (Wildman–Crippen MR) is 76.4 cm³/mol. The van der Waals surface area contributed by atoms with E-state index in [1.165, 1.54) is 24.8 Å². The Labute approximate surface area is 112 Å². The first-order valence-corrected chi connectivity index (χ1v) is 7.09. The Kier molecular flexibility index (Phi) is 3.16. The standard InChI is InChI=1S/C14H18ClN3/c1-17-13-8-3-2-7-12(13)16-14(17)18-9-5-4-6-11(18)10-15/h2-3,7-8,11H,4-6,9-10H2,1H3. The van der Waals surface area contributed by atoms with Gasteiger partial charge in [0, 0.05) is 25.5 Å². The molecule has 0 bridgehead atoms. The quantitative estimate of drug-likeness (QED) is 0.776. The third-order valence-electron chi connectivity index (χ3n) is 3.83. The summed E-state index contributed by atoms with van der Waals surface area (Å²) < 4.78 is 2.18. The number of imidazole rings is 1. The molecule has 1 aromatic carbocycles. The van der Waals surface area contributed by atoms with Crippen LogP contribution in [0.1, 0.15) is 19.3 Å². The normalized spacial score (nSPS) is 20.6. The predicted octanol–water partition coefficient (Wildman–Crippen LogP) is 3.17. The van der Waals surface area contributed by atoms with Gasteiger partial charge in [0.1, 0.15) is 0 Å². The van der Waals surface area contributed by atoms with E-state index in [4.69, 9.17) is 16.6 Å². The molecule has 0 N–H and O–H groups in total. The molecule has 1 unspecified atom stereocenters. The van der Waals surface area contributed by atoms with E-state index in [1.807, 2.05) is 6.07 Å². The van der Waals surface area contributed by atoms with Crippen LogP contribution in [0, 0.1) is 0 Å². The second-order valence-corrected chi connectivity index (χ2v) is 5.27. The van der Waals surface area contributed by atoms with Crippen molar-refractivity contribution in [3.05, 3.63) is 24.3 Å². The Morgan fingerprint density at radius 1 is 1.33 bits per heavy atom. The minimum absolute atomic E-state index is 0.427. The van der Waals surface area contributed by atoms with Gasteiger partial charge in [-0.15, -0.1) is 11.6 Å². The van der Waals surface area contributed by atoms with Gasteiger partial charge >= 0.3 is 0 Å². The molecule has 1 saturated heterocycles. The maximum atomic E-state index is 6.10. The van der Waals surface area contributed by atoms with E-state index in [9.17, 15) is 0 Å². The molecule has 0 saturated carbocycles. The first-order valence-electron chi connectivity index (χ1n) is 6.55. The number of aromatic nitrogens is 2. The van der Waals surface area contributed by atoms with Crippen LogP contribution in [0.5, 0.6) is 0 Å². The highest BCUT2D eigenvalue weighted by atomic mass is 35.5. The molecule has 1 aliphatic rings. The Morgan fingerprint density at radius 2 is 2.17 bits per heavy atom. The number of alkyl halides is 1. The van der Waals surface area contributed by atoms with Crippen molar-refractivity contribution in [3.8, 4) is 0 Å². The van der Waals surface area contributed by atoms with Gasteiger partial charge < -0.3 is 9.47 Å². The van der Waals surface area contributed by atoms with Crippen LogP contribution in [0.4, 0.5) is 5.95 Å². The summed E-state index contributed by atoms with van der Waals surface area (Å²) in [4.78, 5) is 7.14. The molecule has 0 radical (unpaired) electrons. The lowest BCUT2D eigenvalue weighted by molar-refractivity contribution is 0.477. The molecule has 18 heavy (non-hydrogen) atoms. The van der Waals surface area contributed by atoms with Crippen LogP contribution < -0.4 is 4.90 Å². The fraction of sp³-hybridized carbons (Fsp3) is 0.500. The number of piperidine rings is 1. The number of hydrogen-bond acceptors (Lipinski definition) is 2. The van der Waals surface area contributed by atoms with Crippen molar-refractivity contribution in [1.29, 1.82) is 0 Å². The molecular weight excluding hydrogens is 246 g/mol. The molecule has 2 aromatic rings. The number of nitrogens with zero attached hydrogens (tertiary/aromatic N) is 3. The van der Waals surface area contributed by atoms with Gasteiger partial charge in [-0.05, 0) is 31.4 Å². The van der Waals surface area contributed by atoms with Crippen molar-refractivity contribution < 1.29 is 0 Å². The fourth-order valence-electron chi connectivity index (χ4n) is 2.81. The summed E-state index contributed by atoms with van der Waals surface area (Å²) in [6.45, 7) is 1.06. The SMILES string of the molecule is Cn1c(N2CCCCC2CCl)nc2ccccc21. The zero-order valence-electron chi connectivity index (χ0n) is 10.6. The van der Waals surface area contributed by atoms with Crippen LogP contribution in [0.2, 0.25) is 0 Å². The van der Waals surface area contributed by atoms with E-state index in [-0.39, 0.29) is 0 Å². The van der Waals surface area contributed by atoms with Crippen molar-refractivity contribution in [2.24, 2.45) is 7.05 Å². The Balaban J connectivity index is 2.04. The molecule has 0 aliphatic carbocycles. The number of benzene rings is 1. The second kappa shape index (κ2) is 4.81. The average Bonchev–Trinajstić information content (AvgIpc) is 2.76. The number of halogens is 1. The fourth-order valence-corrected chi connectivity index (χ4v) is 3.13. The lowest BCUT2D eigenvalue weighted by Gasteiger charge is -2.35. The first-order chi connectivity index (χ1) is 8.81. The molecule has 96 valence electrons. The van der Waals surface area contributed by atoms with Gasteiger partial charge in [-0.2, -0.15) is 0 Å². The van der Waals surface area contributed by atoms with E-state index in [0.717, 1.165) is 18.0 Å². The molecule has 3 rings (SSSR count). The third kappa shape index (κ3) is 1.87. The maximum Gasteiger partial charge on any atom is 0.206 e. The topological polar surface area (TPSA) is 21.1 Å². The van der Waals surface area contributed by atoms with E-state index in [0.29, 0.717) is 11.9 Å². The molecule has 1 fully saturated rings. The molecule has 0 spiro atoms. The zero-order valence-corrected chi connectivity index (χ0v) is 11.4. The molecule has 0 amide bonds. The van der Waals surface area contributed by atoms with Gasteiger partial charge in [-0.3, -0.25) is 0 Å². The number of hydrogen-bond donors (Lipinski definition) is 0. The van der Waals surface area contributed by atoms with Crippen LogP contribution in [0.25, 0.3) is 11.0 Å². The minimum atomic E-state index is 0.427. The Morgan fingerprint density at radius 3 is 2.94 bits per heavy atom. The molecular formula is C14H18ClN3. The van der Waals surface area contributed by atoms with E-state index >= 15 is 0 Å². The van der Waals surface area contributed by atoms with Gasteiger partial charge in [0.25, 0.3) is 0 Å². The number of aryl methyl sites for hydroxylation is 1. The van der Waals surface area contributed by atoms with Crippen molar-refractivity contribution in [2.45, 2.75) is 25.3 Å². The molecule has 4 heteroatoms. The van der Waals surface area contributed by atoms with Crippen molar-refractivity contribution in [1.82, 2.24) is 9.55 Å². The molecule has 2 heterocycles. The summed E-state index contributed by atoms with van der Waals surface area (Å²) in [7, 11) is 2.09. The Hall–Kier alpha value is -1.22. The summed E-state index contributed by atoms with van der Waals surface area (Å²) in [5.74, 6) is 1.74. The molecule has 1 aromatic heterocycles. The molecule has 1 atom stereocenters. The highest BCUT2D eigenvalue weighted by Crippen LogP contribution is 2.27. The first kappa shape index (κ1) is 11.8. The molecule has 3 nitrogen and oxygen atoms in total. The van der Waals surface area contributed by atoms with E-state index < -0.39 is 0 Å². The maximum absolute atomic E-state index is 6.10. The summed E-state index contributed by atoms with van der Waals surface area (Å²) in [6.07, 6.45) is 3.68.